The van der Waals surface area contributed by atoms with Crippen molar-refractivity contribution in [3.63, 3.8) is 0 Å². The van der Waals surface area contributed by atoms with Gasteiger partial charge in [0.05, 0.1) is 5.54 Å². The molecule has 40 heavy (non-hydrogen) atoms. The van der Waals surface area contributed by atoms with Crippen LogP contribution in [0.5, 0.6) is 5.75 Å². The van der Waals surface area contributed by atoms with Crippen molar-refractivity contribution in [2.75, 3.05) is 27.2 Å². The molecule has 1 spiro atoms. The van der Waals surface area contributed by atoms with Crippen LogP contribution in [0.2, 0.25) is 10.0 Å². The van der Waals surface area contributed by atoms with Gasteiger partial charge in [-0.3, -0.25) is 4.79 Å². The largest absolute Gasteiger partial charge is 0.484 e. The Bertz CT molecular complexity index is 1490. The summed E-state index contributed by atoms with van der Waals surface area (Å²) in [5, 5.41) is 2.68. The second kappa shape index (κ2) is 11.1. The van der Waals surface area contributed by atoms with Crippen LogP contribution in [0.1, 0.15) is 48.5 Å². The first kappa shape index (κ1) is 27.2. The molecular weight excluding hydrogens is 541 g/mol. The van der Waals surface area contributed by atoms with Crippen LogP contribution >= 0.6 is 23.2 Å². The maximum atomic E-state index is 13.9. The van der Waals surface area contributed by atoms with Gasteiger partial charge in [-0.15, -0.1) is 0 Å². The molecule has 3 aromatic carbocycles. The van der Waals surface area contributed by atoms with Crippen LogP contribution in [0.4, 0.5) is 0 Å². The summed E-state index contributed by atoms with van der Waals surface area (Å²) in [4.78, 5) is 22.1. The molecule has 208 valence electrons. The molecule has 4 aromatic rings. The molecule has 1 N–H and O–H groups in total. The van der Waals surface area contributed by atoms with E-state index in [2.05, 4.69) is 65.3 Å². The summed E-state index contributed by atoms with van der Waals surface area (Å²) in [7, 11) is 4.31. The highest BCUT2D eigenvalue weighted by molar-refractivity contribution is 6.30. The smallest absolute Gasteiger partial charge is 0.261 e. The molecule has 1 atom stereocenters. The van der Waals surface area contributed by atoms with Crippen molar-refractivity contribution in [3.05, 3.63) is 99.7 Å². The molecule has 0 saturated heterocycles. The molecule has 1 unspecified atom stereocenters. The zero-order valence-electron chi connectivity index (χ0n) is 23.0. The van der Waals surface area contributed by atoms with Crippen molar-refractivity contribution < 1.29 is 9.53 Å². The highest BCUT2D eigenvalue weighted by Gasteiger charge is 2.49. The maximum Gasteiger partial charge on any atom is 0.261 e. The fourth-order valence-corrected chi connectivity index (χ4v) is 7.40. The van der Waals surface area contributed by atoms with Gasteiger partial charge in [-0.2, -0.15) is 0 Å². The number of hydrogen-bond acceptors (Lipinski definition) is 3. The Morgan fingerprint density at radius 2 is 1.65 bits per heavy atom. The number of nitrogens with zero attached hydrogens (tertiary/aromatic N) is 2. The van der Waals surface area contributed by atoms with E-state index in [-0.39, 0.29) is 24.1 Å². The van der Waals surface area contributed by atoms with Crippen LogP contribution in [0.3, 0.4) is 0 Å². The van der Waals surface area contributed by atoms with Crippen molar-refractivity contribution in [2.45, 2.75) is 43.7 Å². The summed E-state index contributed by atoms with van der Waals surface area (Å²) in [6.45, 7) is 0.699. The highest BCUT2D eigenvalue weighted by Crippen LogP contribution is 2.51. The van der Waals surface area contributed by atoms with Gasteiger partial charge in [-0.05, 0) is 106 Å². The molecule has 1 fully saturated rings. The first-order valence-corrected chi connectivity index (χ1v) is 14.8. The number of benzene rings is 3. The number of aromatic nitrogens is 1. The van der Waals surface area contributed by atoms with Gasteiger partial charge in [0.25, 0.3) is 5.91 Å². The Hall–Kier alpha value is -2.99. The number of carbonyl (C=O) groups excluding carboxylic acids is 1. The van der Waals surface area contributed by atoms with Gasteiger partial charge >= 0.3 is 0 Å². The Morgan fingerprint density at radius 1 is 1.00 bits per heavy atom. The van der Waals surface area contributed by atoms with Gasteiger partial charge in [0.2, 0.25) is 0 Å². The average Bonchev–Trinajstić information content (AvgIpc) is 3.35. The second-order valence-corrected chi connectivity index (χ2v) is 12.3. The first-order valence-electron chi connectivity index (χ1n) is 14.1. The molecule has 7 heteroatoms. The number of amides is 1. The molecule has 1 amide bonds. The molecule has 1 aromatic heterocycles. The summed E-state index contributed by atoms with van der Waals surface area (Å²) >= 11 is 12.2. The second-order valence-electron chi connectivity index (χ2n) is 11.4. The van der Waals surface area contributed by atoms with Gasteiger partial charge in [0, 0.05) is 39.2 Å². The SMILES string of the molecule is CN(C)C(c1ccc(Cl)cc1)C1CCC2(CC1)c1[nH]c3ccccc3c1CCN2C(=O)COc1ccc(Cl)cc1. The summed E-state index contributed by atoms with van der Waals surface area (Å²) in [5.74, 6) is 1.15. The van der Waals surface area contributed by atoms with Gasteiger partial charge in [-0.1, -0.05) is 53.5 Å². The van der Waals surface area contributed by atoms with E-state index in [4.69, 9.17) is 27.9 Å². The van der Waals surface area contributed by atoms with E-state index in [1.165, 1.54) is 22.2 Å². The van der Waals surface area contributed by atoms with Crippen LogP contribution in [0, 0.1) is 5.92 Å². The number of ether oxygens (including phenoxy) is 1. The third-order valence-electron chi connectivity index (χ3n) is 8.93. The molecule has 0 radical (unpaired) electrons. The van der Waals surface area contributed by atoms with E-state index in [1.807, 2.05) is 12.1 Å². The lowest BCUT2D eigenvalue weighted by molar-refractivity contribution is -0.144. The summed E-state index contributed by atoms with van der Waals surface area (Å²) in [5.41, 5.74) is 4.63. The molecule has 1 saturated carbocycles. The normalized spacial score (nSPS) is 21.5. The molecule has 1 aliphatic heterocycles. The van der Waals surface area contributed by atoms with E-state index in [0.717, 1.165) is 42.6 Å². The number of carbonyl (C=O) groups is 1. The number of fused-ring (bicyclic) bond motifs is 4. The Balaban J connectivity index is 1.30. The standard InChI is InChI=1S/C33H35Cl2N3O2/c1-37(2)31(22-7-9-24(34)10-8-22)23-15-18-33(19-16-23)32-28(27-5-3-4-6-29(27)36-32)17-20-38(33)30(39)21-40-26-13-11-25(35)12-14-26/h3-14,23,31,36H,15-21H2,1-2H3. The fraction of sp³-hybridized carbons (Fsp3) is 0.364. The quantitative estimate of drug-likeness (QED) is 0.257. The molecular formula is C33H35Cl2N3O2. The van der Waals surface area contributed by atoms with Crippen molar-refractivity contribution >= 4 is 40.0 Å². The number of hydrogen-bond donors (Lipinski definition) is 1. The predicted octanol–water partition coefficient (Wildman–Crippen LogP) is 7.63. The van der Waals surface area contributed by atoms with Crippen LogP contribution in [0.25, 0.3) is 10.9 Å². The lowest BCUT2D eigenvalue weighted by atomic mass is 9.68. The van der Waals surface area contributed by atoms with Crippen molar-refractivity contribution in [1.29, 1.82) is 0 Å². The monoisotopic (exact) mass is 575 g/mol. The van der Waals surface area contributed by atoms with Crippen LogP contribution in [-0.4, -0.2) is 47.9 Å². The zero-order chi connectivity index (χ0) is 27.9. The molecule has 6 rings (SSSR count). The highest BCUT2D eigenvalue weighted by atomic mass is 35.5. The van der Waals surface area contributed by atoms with Gasteiger partial charge in [0.15, 0.2) is 6.61 Å². The van der Waals surface area contributed by atoms with E-state index in [9.17, 15) is 4.79 Å². The minimum atomic E-state index is -0.375. The van der Waals surface area contributed by atoms with Crippen molar-refractivity contribution in [3.8, 4) is 5.75 Å². The summed E-state index contributed by atoms with van der Waals surface area (Å²) in [6.07, 6.45) is 4.68. The van der Waals surface area contributed by atoms with E-state index < -0.39 is 0 Å². The van der Waals surface area contributed by atoms with Gasteiger partial charge < -0.3 is 19.5 Å². The van der Waals surface area contributed by atoms with Crippen LogP contribution in [0.15, 0.2) is 72.8 Å². The van der Waals surface area contributed by atoms with E-state index >= 15 is 0 Å². The topological polar surface area (TPSA) is 48.6 Å². The average molecular weight is 577 g/mol. The number of halogens is 2. The lowest BCUT2D eigenvalue weighted by Crippen LogP contribution is -2.56. The van der Waals surface area contributed by atoms with Crippen LogP contribution in [-0.2, 0) is 16.8 Å². The van der Waals surface area contributed by atoms with Gasteiger partial charge in [0.1, 0.15) is 5.75 Å². The number of rotatable bonds is 6. The molecule has 2 aliphatic rings. The minimum absolute atomic E-state index is 0.00741. The first-order chi connectivity index (χ1) is 19.4. The minimum Gasteiger partial charge on any atom is -0.484 e. The lowest BCUT2D eigenvalue weighted by Gasteiger charge is -2.51. The third-order valence-corrected chi connectivity index (χ3v) is 9.43. The molecule has 0 bridgehead atoms. The predicted molar refractivity (Wildman–Crippen MR) is 162 cm³/mol. The zero-order valence-corrected chi connectivity index (χ0v) is 24.5. The maximum absolute atomic E-state index is 13.9. The Morgan fingerprint density at radius 3 is 2.33 bits per heavy atom. The molecule has 1 aliphatic carbocycles. The summed E-state index contributed by atoms with van der Waals surface area (Å²) < 4.78 is 5.94. The molecule has 5 nitrogen and oxygen atoms in total. The number of H-pyrrole nitrogens is 1. The summed E-state index contributed by atoms with van der Waals surface area (Å²) in [6, 6.07) is 24.3. The number of aromatic amines is 1. The number of nitrogens with one attached hydrogen (secondary N) is 1. The fourth-order valence-electron chi connectivity index (χ4n) is 7.15. The van der Waals surface area contributed by atoms with E-state index in [0.29, 0.717) is 23.2 Å². The van der Waals surface area contributed by atoms with Crippen LogP contribution < -0.4 is 4.74 Å². The Labute approximate surface area is 246 Å². The van der Waals surface area contributed by atoms with E-state index in [1.54, 1.807) is 24.3 Å². The van der Waals surface area contributed by atoms with Crippen molar-refractivity contribution in [2.24, 2.45) is 5.92 Å². The number of para-hydroxylation sites is 1. The molecule has 2 heterocycles. The van der Waals surface area contributed by atoms with Crippen molar-refractivity contribution in [1.82, 2.24) is 14.8 Å². The van der Waals surface area contributed by atoms with Gasteiger partial charge in [-0.25, -0.2) is 0 Å². The third kappa shape index (κ3) is 5.00. The Kier molecular flexibility index (Phi) is 7.56.